The molecule has 1 rings (SSSR count). The van der Waals surface area contributed by atoms with Gasteiger partial charge in [-0.05, 0) is 11.6 Å². The van der Waals surface area contributed by atoms with Gasteiger partial charge in [0.25, 0.3) is 0 Å². The molecule has 0 saturated carbocycles. The summed E-state index contributed by atoms with van der Waals surface area (Å²) in [5, 5.41) is 11.7. The lowest BCUT2D eigenvalue weighted by Crippen LogP contribution is -2.24. The highest BCUT2D eigenvalue weighted by atomic mass is 32.2. The van der Waals surface area contributed by atoms with E-state index in [9.17, 15) is 4.79 Å². The number of carbonyl (C=O) groups excluding carboxylic acids is 1. The van der Waals surface area contributed by atoms with Crippen molar-refractivity contribution in [2.24, 2.45) is 0 Å². The molecular weight excluding hydrogens is 232 g/mol. The minimum atomic E-state index is 0.0861. The number of thioether (sulfide) groups is 1. The molecule has 0 atom stereocenters. The van der Waals surface area contributed by atoms with Crippen molar-refractivity contribution >= 4 is 17.7 Å². The maximum atomic E-state index is 11.0. The second-order valence-corrected chi connectivity index (χ2v) is 4.63. The Morgan fingerprint density at radius 3 is 2.94 bits per heavy atom. The van der Waals surface area contributed by atoms with Crippen LogP contribution in [0.1, 0.15) is 24.5 Å². The van der Waals surface area contributed by atoms with Gasteiger partial charge < -0.3 is 5.32 Å². The summed E-state index contributed by atoms with van der Waals surface area (Å²) in [4.78, 5) is 11.0. The summed E-state index contributed by atoms with van der Waals surface area (Å²) in [5.74, 6) is 1.76. The predicted molar refractivity (Wildman–Crippen MR) is 70.6 cm³/mol. The van der Waals surface area contributed by atoms with Crippen molar-refractivity contribution in [1.29, 1.82) is 5.26 Å². The molecule has 1 aromatic rings. The van der Waals surface area contributed by atoms with Gasteiger partial charge in [0.2, 0.25) is 5.91 Å². The third-order valence-electron chi connectivity index (χ3n) is 2.29. The molecule has 1 amide bonds. The fraction of sp³-hybridized carbons (Fsp3) is 0.385. The van der Waals surface area contributed by atoms with Gasteiger partial charge in [-0.15, -0.1) is 0 Å². The van der Waals surface area contributed by atoms with Crippen LogP contribution in [-0.4, -0.2) is 18.2 Å². The molecule has 0 aliphatic carbocycles. The van der Waals surface area contributed by atoms with Crippen LogP contribution in [0.2, 0.25) is 0 Å². The standard InChI is InChI=1S/C13H16N2OS/c1-2-13(16)15-7-8-17-10-12-6-4-3-5-11(12)9-14/h3-6H,2,7-8,10H2,1H3,(H,15,16). The summed E-state index contributed by atoms with van der Waals surface area (Å²) in [7, 11) is 0. The van der Waals surface area contributed by atoms with Gasteiger partial charge >= 0.3 is 0 Å². The first kappa shape index (κ1) is 13.6. The lowest BCUT2D eigenvalue weighted by molar-refractivity contribution is -0.120. The van der Waals surface area contributed by atoms with Crippen LogP contribution in [0.5, 0.6) is 0 Å². The van der Waals surface area contributed by atoms with E-state index in [1.165, 1.54) is 0 Å². The number of rotatable bonds is 6. The Morgan fingerprint density at radius 1 is 1.47 bits per heavy atom. The zero-order valence-electron chi connectivity index (χ0n) is 9.90. The molecule has 3 nitrogen and oxygen atoms in total. The van der Waals surface area contributed by atoms with Crippen molar-refractivity contribution in [3.63, 3.8) is 0 Å². The number of nitrogens with zero attached hydrogens (tertiary/aromatic N) is 1. The van der Waals surface area contributed by atoms with E-state index >= 15 is 0 Å². The third kappa shape index (κ3) is 4.92. The summed E-state index contributed by atoms with van der Waals surface area (Å²) in [6.07, 6.45) is 0.530. The van der Waals surface area contributed by atoms with Crippen molar-refractivity contribution in [2.45, 2.75) is 19.1 Å². The van der Waals surface area contributed by atoms with Gasteiger partial charge in [-0.3, -0.25) is 4.79 Å². The van der Waals surface area contributed by atoms with Crippen LogP contribution < -0.4 is 5.32 Å². The average Bonchev–Trinajstić information content (AvgIpc) is 2.38. The molecule has 1 aromatic carbocycles. The number of carbonyl (C=O) groups is 1. The van der Waals surface area contributed by atoms with Crippen molar-refractivity contribution in [3.8, 4) is 6.07 Å². The number of hydrogen-bond acceptors (Lipinski definition) is 3. The van der Waals surface area contributed by atoms with Crippen molar-refractivity contribution in [2.75, 3.05) is 12.3 Å². The van der Waals surface area contributed by atoms with Gasteiger partial charge in [-0.1, -0.05) is 25.1 Å². The molecule has 0 heterocycles. The Kier molecular flexibility index (Phi) is 6.19. The number of nitriles is 1. The fourth-order valence-electron chi connectivity index (χ4n) is 1.32. The fourth-order valence-corrected chi connectivity index (χ4v) is 2.19. The molecule has 0 aliphatic heterocycles. The third-order valence-corrected chi connectivity index (χ3v) is 3.29. The molecule has 90 valence electrons. The van der Waals surface area contributed by atoms with E-state index in [0.29, 0.717) is 13.0 Å². The molecule has 0 aliphatic rings. The summed E-state index contributed by atoms with van der Waals surface area (Å²) in [6, 6.07) is 9.79. The van der Waals surface area contributed by atoms with Crippen molar-refractivity contribution < 1.29 is 4.79 Å². The highest BCUT2D eigenvalue weighted by Crippen LogP contribution is 2.15. The van der Waals surface area contributed by atoms with E-state index in [-0.39, 0.29) is 5.91 Å². The van der Waals surface area contributed by atoms with E-state index in [0.717, 1.165) is 22.6 Å². The Morgan fingerprint density at radius 2 is 2.24 bits per heavy atom. The molecule has 0 fully saturated rings. The largest absolute Gasteiger partial charge is 0.355 e. The smallest absolute Gasteiger partial charge is 0.219 e. The van der Waals surface area contributed by atoms with Crippen LogP contribution in [-0.2, 0) is 10.5 Å². The summed E-state index contributed by atoms with van der Waals surface area (Å²) in [6.45, 7) is 2.53. The molecular formula is C13H16N2OS. The SMILES string of the molecule is CCC(=O)NCCSCc1ccccc1C#N. The van der Waals surface area contributed by atoms with E-state index in [1.807, 2.05) is 31.2 Å². The van der Waals surface area contributed by atoms with E-state index in [2.05, 4.69) is 11.4 Å². The molecule has 4 heteroatoms. The van der Waals surface area contributed by atoms with Gasteiger partial charge in [0, 0.05) is 24.5 Å². The highest BCUT2D eigenvalue weighted by molar-refractivity contribution is 7.98. The van der Waals surface area contributed by atoms with Crippen molar-refractivity contribution in [3.05, 3.63) is 35.4 Å². The number of benzene rings is 1. The van der Waals surface area contributed by atoms with Gasteiger partial charge in [-0.25, -0.2) is 0 Å². The molecule has 0 unspecified atom stereocenters. The second kappa shape index (κ2) is 7.75. The van der Waals surface area contributed by atoms with Gasteiger partial charge in [0.15, 0.2) is 0 Å². The monoisotopic (exact) mass is 248 g/mol. The minimum Gasteiger partial charge on any atom is -0.355 e. The number of amides is 1. The van der Waals surface area contributed by atoms with Gasteiger partial charge in [0.05, 0.1) is 11.6 Å². The number of hydrogen-bond donors (Lipinski definition) is 1. The topological polar surface area (TPSA) is 52.9 Å². The van der Waals surface area contributed by atoms with Crippen LogP contribution in [0.25, 0.3) is 0 Å². The molecule has 0 radical (unpaired) electrons. The summed E-state index contributed by atoms with van der Waals surface area (Å²) in [5.41, 5.74) is 1.79. The maximum absolute atomic E-state index is 11.0. The molecule has 1 N–H and O–H groups in total. The first-order chi connectivity index (χ1) is 8.27. The lowest BCUT2D eigenvalue weighted by Gasteiger charge is -2.05. The highest BCUT2D eigenvalue weighted by Gasteiger charge is 2.01. The first-order valence-corrected chi connectivity index (χ1v) is 6.75. The van der Waals surface area contributed by atoms with Crippen LogP contribution in [0.4, 0.5) is 0 Å². The maximum Gasteiger partial charge on any atom is 0.219 e. The minimum absolute atomic E-state index is 0.0861. The molecule has 0 aromatic heterocycles. The zero-order chi connectivity index (χ0) is 12.5. The lowest BCUT2D eigenvalue weighted by atomic mass is 10.1. The number of nitrogens with one attached hydrogen (secondary N) is 1. The van der Waals surface area contributed by atoms with Crippen LogP contribution >= 0.6 is 11.8 Å². The molecule has 0 bridgehead atoms. The predicted octanol–water partition coefficient (Wildman–Crippen LogP) is 2.32. The molecule has 0 saturated heterocycles. The van der Waals surface area contributed by atoms with Gasteiger partial charge in [0.1, 0.15) is 0 Å². The van der Waals surface area contributed by atoms with Gasteiger partial charge in [-0.2, -0.15) is 17.0 Å². The second-order valence-electron chi connectivity index (χ2n) is 3.53. The molecule has 17 heavy (non-hydrogen) atoms. The summed E-state index contributed by atoms with van der Waals surface area (Å²) < 4.78 is 0. The van der Waals surface area contributed by atoms with E-state index in [4.69, 9.17) is 5.26 Å². The normalized spacial score (nSPS) is 9.65. The Hall–Kier alpha value is -1.47. The van der Waals surface area contributed by atoms with Crippen LogP contribution in [0.3, 0.4) is 0 Å². The quantitative estimate of drug-likeness (QED) is 0.786. The zero-order valence-corrected chi connectivity index (χ0v) is 10.7. The Labute approximate surface area is 106 Å². The Bertz CT molecular complexity index is 412. The Balaban J connectivity index is 2.27. The first-order valence-electron chi connectivity index (χ1n) is 5.60. The summed E-state index contributed by atoms with van der Waals surface area (Å²) >= 11 is 1.72. The van der Waals surface area contributed by atoms with E-state index < -0.39 is 0 Å². The van der Waals surface area contributed by atoms with Crippen LogP contribution in [0, 0.1) is 11.3 Å². The van der Waals surface area contributed by atoms with E-state index in [1.54, 1.807) is 11.8 Å². The molecule has 0 spiro atoms. The van der Waals surface area contributed by atoms with Crippen molar-refractivity contribution in [1.82, 2.24) is 5.32 Å². The van der Waals surface area contributed by atoms with Crippen LogP contribution in [0.15, 0.2) is 24.3 Å². The average molecular weight is 248 g/mol.